The number of amides is 1. The van der Waals surface area contributed by atoms with Gasteiger partial charge in [0.1, 0.15) is 0 Å². The Kier molecular flexibility index (Phi) is 7.52. The van der Waals surface area contributed by atoms with Crippen LogP contribution in [0.3, 0.4) is 0 Å². The molecule has 0 spiro atoms. The predicted octanol–water partition coefficient (Wildman–Crippen LogP) is 1.74. The highest BCUT2D eigenvalue weighted by Crippen LogP contribution is 2.09. The minimum absolute atomic E-state index is 0.0269. The summed E-state index contributed by atoms with van der Waals surface area (Å²) in [6.07, 6.45) is 0. The van der Waals surface area contributed by atoms with Crippen LogP contribution in [0.2, 0.25) is 0 Å². The van der Waals surface area contributed by atoms with Crippen LogP contribution in [0.25, 0.3) is 0 Å². The number of rotatable bonds is 6. The van der Waals surface area contributed by atoms with Crippen molar-refractivity contribution in [2.45, 2.75) is 13.8 Å². The van der Waals surface area contributed by atoms with Gasteiger partial charge in [-0.1, -0.05) is 25.7 Å². The van der Waals surface area contributed by atoms with E-state index in [1.807, 2.05) is 29.2 Å². The predicted molar refractivity (Wildman–Crippen MR) is 85.0 cm³/mol. The molecule has 4 nitrogen and oxygen atoms in total. The van der Waals surface area contributed by atoms with Gasteiger partial charge in [-0.05, 0) is 30.2 Å². The summed E-state index contributed by atoms with van der Waals surface area (Å²) in [6.45, 7) is 6.38. The van der Waals surface area contributed by atoms with Crippen molar-refractivity contribution in [2.24, 2.45) is 11.7 Å². The average molecular weight is 288 g/mol. The van der Waals surface area contributed by atoms with Crippen molar-refractivity contribution >= 4 is 5.91 Å². The maximum Gasteiger partial charge on any atom is 0.253 e. The zero-order valence-corrected chi connectivity index (χ0v) is 13.1. The van der Waals surface area contributed by atoms with Gasteiger partial charge in [0.05, 0.1) is 13.2 Å². The Morgan fingerprint density at radius 1 is 1.33 bits per heavy atom. The molecule has 0 heterocycles. The number of methoxy groups -OCH3 is 1. The van der Waals surface area contributed by atoms with Crippen molar-refractivity contribution < 1.29 is 9.53 Å². The summed E-state index contributed by atoms with van der Waals surface area (Å²) >= 11 is 0. The van der Waals surface area contributed by atoms with Crippen LogP contribution in [0.15, 0.2) is 24.3 Å². The molecule has 1 aromatic carbocycles. The van der Waals surface area contributed by atoms with Crippen molar-refractivity contribution in [3.05, 3.63) is 35.4 Å². The molecule has 0 bridgehead atoms. The molecule has 0 radical (unpaired) electrons. The van der Waals surface area contributed by atoms with Crippen LogP contribution < -0.4 is 5.73 Å². The Hall–Kier alpha value is -1.83. The van der Waals surface area contributed by atoms with Gasteiger partial charge in [-0.3, -0.25) is 4.79 Å². The lowest BCUT2D eigenvalue weighted by Crippen LogP contribution is -2.36. The summed E-state index contributed by atoms with van der Waals surface area (Å²) in [4.78, 5) is 14.4. The minimum Gasteiger partial charge on any atom is -0.383 e. The lowest BCUT2D eigenvalue weighted by molar-refractivity contribution is 0.0672. The fraction of sp³-hybridized carbons (Fsp3) is 0.471. The Balaban J connectivity index is 2.82. The van der Waals surface area contributed by atoms with E-state index in [-0.39, 0.29) is 5.91 Å². The van der Waals surface area contributed by atoms with Crippen LogP contribution in [-0.4, -0.2) is 44.2 Å². The van der Waals surface area contributed by atoms with E-state index < -0.39 is 0 Å². The van der Waals surface area contributed by atoms with Gasteiger partial charge in [0, 0.05) is 31.3 Å². The summed E-state index contributed by atoms with van der Waals surface area (Å²) in [7, 11) is 1.64. The fourth-order valence-electron chi connectivity index (χ4n) is 1.95. The van der Waals surface area contributed by atoms with E-state index in [1.165, 1.54) is 0 Å². The smallest absolute Gasteiger partial charge is 0.253 e. The molecule has 0 unspecified atom stereocenters. The van der Waals surface area contributed by atoms with Crippen LogP contribution in [0.5, 0.6) is 0 Å². The molecule has 0 aliphatic heterocycles. The second-order valence-electron chi connectivity index (χ2n) is 5.22. The van der Waals surface area contributed by atoms with Crippen molar-refractivity contribution in [1.82, 2.24) is 4.90 Å². The lowest BCUT2D eigenvalue weighted by Gasteiger charge is -2.24. The van der Waals surface area contributed by atoms with E-state index in [0.29, 0.717) is 31.2 Å². The zero-order valence-electron chi connectivity index (χ0n) is 13.1. The molecule has 1 amide bonds. The maximum absolute atomic E-state index is 12.5. The van der Waals surface area contributed by atoms with Crippen molar-refractivity contribution in [1.29, 1.82) is 0 Å². The van der Waals surface area contributed by atoms with Gasteiger partial charge >= 0.3 is 0 Å². The van der Waals surface area contributed by atoms with Crippen LogP contribution in [0.1, 0.15) is 29.8 Å². The highest BCUT2D eigenvalue weighted by Gasteiger charge is 2.16. The van der Waals surface area contributed by atoms with Gasteiger partial charge in [0.25, 0.3) is 5.91 Å². The highest BCUT2D eigenvalue weighted by molar-refractivity contribution is 5.94. The quantitative estimate of drug-likeness (QED) is 0.811. The summed E-state index contributed by atoms with van der Waals surface area (Å²) in [6, 6.07) is 7.31. The number of nitrogens with two attached hydrogens (primary N) is 1. The topological polar surface area (TPSA) is 55.6 Å². The van der Waals surface area contributed by atoms with Gasteiger partial charge in [-0.2, -0.15) is 0 Å². The third kappa shape index (κ3) is 5.99. The zero-order chi connectivity index (χ0) is 15.7. The molecular weight excluding hydrogens is 264 g/mol. The fourth-order valence-corrected chi connectivity index (χ4v) is 1.95. The van der Waals surface area contributed by atoms with E-state index in [9.17, 15) is 4.79 Å². The van der Waals surface area contributed by atoms with Gasteiger partial charge in [-0.25, -0.2) is 0 Å². The Morgan fingerprint density at radius 3 is 2.52 bits per heavy atom. The minimum atomic E-state index is 0.0269. The summed E-state index contributed by atoms with van der Waals surface area (Å²) in [5.41, 5.74) is 6.88. The van der Waals surface area contributed by atoms with E-state index in [1.54, 1.807) is 7.11 Å². The molecular formula is C17H24N2O2. The third-order valence-corrected chi connectivity index (χ3v) is 2.90. The standard InChI is InChI=1S/C17H24N2O2/c1-14(2)13-19(11-12-21-3)17(20)16-8-6-15(7-9-16)5-4-10-18/h6-9,14H,10-13,18H2,1-3H3. The first-order valence-electron chi connectivity index (χ1n) is 7.15. The summed E-state index contributed by atoms with van der Waals surface area (Å²) in [5.74, 6) is 6.19. The Labute approximate surface area is 127 Å². The van der Waals surface area contributed by atoms with Gasteiger partial charge < -0.3 is 15.4 Å². The second-order valence-corrected chi connectivity index (χ2v) is 5.22. The number of hydrogen-bond acceptors (Lipinski definition) is 3. The normalized spacial score (nSPS) is 10.1. The molecule has 0 aromatic heterocycles. The molecule has 4 heteroatoms. The molecule has 0 aliphatic carbocycles. The molecule has 0 aliphatic rings. The van der Waals surface area contributed by atoms with Crippen molar-refractivity contribution in [2.75, 3.05) is 33.4 Å². The number of carbonyl (C=O) groups is 1. The molecule has 0 fully saturated rings. The number of hydrogen-bond donors (Lipinski definition) is 1. The summed E-state index contributed by atoms with van der Waals surface area (Å²) < 4.78 is 5.08. The lowest BCUT2D eigenvalue weighted by atomic mass is 10.1. The number of carbonyl (C=O) groups excluding carboxylic acids is 1. The second kappa shape index (κ2) is 9.17. The van der Waals surface area contributed by atoms with Crippen molar-refractivity contribution in [3.63, 3.8) is 0 Å². The molecule has 2 N–H and O–H groups in total. The Morgan fingerprint density at radius 2 is 2.00 bits per heavy atom. The molecule has 1 aromatic rings. The largest absolute Gasteiger partial charge is 0.383 e. The van der Waals surface area contributed by atoms with Crippen LogP contribution >= 0.6 is 0 Å². The van der Waals surface area contributed by atoms with E-state index in [0.717, 1.165) is 12.1 Å². The summed E-state index contributed by atoms with van der Waals surface area (Å²) in [5, 5.41) is 0. The molecule has 0 saturated carbocycles. The van der Waals surface area contributed by atoms with Gasteiger partial charge in [0.2, 0.25) is 0 Å². The molecule has 114 valence electrons. The molecule has 0 atom stereocenters. The van der Waals surface area contributed by atoms with E-state index in [2.05, 4.69) is 25.7 Å². The van der Waals surface area contributed by atoms with E-state index >= 15 is 0 Å². The first-order chi connectivity index (χ1) is 10.1. The monoisotopic (exact) mass is 288 g/mol. The number of benzene rings is 1. The van der Waals surface area contributed by atoms with Crippen LogP contribution in [0.4, 0.5) is 0 Å². The maximum atomic E-state index is 12.5. The molecule has 0 saturated heterocycles. The number of nitrogens with zero attached hydrogens (tertiary/aromatic N) is 1. The van der Waals surface area contributed by atoms with E-state index in [4.69, 9.17) is 10.5 Å². The molecule has 21 heavy (non-hydrogen) atoms. The number of ether oxygens (including phenoxy) is 1. The first kappa shape index (κ1) is 17.2. The highest BCUT2D eigenvalue weighted by atomic mass is 16.5. The first-order valence-corrected chi connectivity index (χ1v) is 7.15. The van der Waals surface area contributed by atoms with Gasteiger partial charge in [-0.15, -0.1) is 0 Å². The van der Waals surface area contributed by atoms with Gasteiger partial charge in [0.15, 0.2) is 0 Å². The average Bonchev–Trinajstić information content (AvgIpc) is 2.49. The van der Waals surface area contributed by atoms with Crippen molar-refractivity contribution in [3.8, 4) is 11.8 Å². The SMILES string of the molecule is COCCN(CC(C)C)C(=O)c1ccc(C#CCN)cc1. The van der Waals surface area contributed by atoms with Crippen LogP contribution in [-0.2, 0) is 4.74 Å². The third-order valence-electron chi connectivity index (χ3n) is 2.90. The Bertz CT molecular complexity index is 498. The molecule has 1 rings (SSSR count). The van der Waals surface area contributed by atoms with Crippen LogP contribution in [0, 0.1) is 17.8 Å².